The zero-order valence-electron chi connectivity index (χ0n) is 17.9. The highest BCUT2D eigenvalue weighted by Gasteiger charge is 2.22. The minimum Gasteiger partial charge on any atom is -0.454 e. The summed E-state index contributed by atoms with van der Waals surface area (Å²) < 4.78 is 5.35. The number of carbonyl (C=O) groups is 2. The molecule has 0 saturated heterocycles. The van der Waals surface area contributed by atoms with Gasteiger partial charge in [-0.15, -0.1) is 29.3 Å². The number of ether oxygens (including phenoxy) is 1. The molecule has 9 heteroatoms. The second kappa shape index (κ2) is 9.84. The monoisotopic (exact) mass is 456 g/mol. The zero-order valence-corrected chi connectivity index (χ0v) is 19.5. The van der Waals surface area contributed by atoms with Gasteiger partial charge in [-0.05, 0) is 31.9 Å². The van der Waals surface area contributed by atoms with Crippen LogP contribution < -0.4 is 10.2 Å². The maximum absolute atomic E-state index is 12.5. The molecule has 1 amide bonds. The van der Waals surface area contributed by atoms with E-state index < -0.39 is 5.97 Å². The summed E-state index contributed by atoms with van der Waals surface area (Å²) in [6.45, 7) is 11.7. The number of rotatable bonds is 8. The third-order valence-electron chi connectivity index (χ3n) is 4.37. The van der Waals surface area contributed by atoms with Crippen LogP contribution >= 0.6 is 22.7 Å². The molecular weight excluding hydrogens is 432 g/mol. The van der Waals surface area contributed by atoms with Gasteiger partial charge < -0.3 is 10.1 Å². The molecule has 162 valence electrons. The van der Waals surface area contributed by atoms with E-state index in [1.807, 2.05) is 32.9 Å². The SMILES string of the molecule is C=CCNc1nc(C(=O)OCc2csc(N(C(C)=O)c3c(C)cc(C)cc3C)n2)cs1. The van der Waals surface area contributed by atoms with Crippen LogP contribution in [0.5, 0.6) is 0 Å². The van der Waals surface area contributed by atoms with Crippen LogP contribution in [0, 0.1) is 20.8 Å². The first kappa shape index (κ1) is 22.6. The quantitative estimate of drug-likeness (QED) is 0.372. The summed E-state index contributed by atoms with van der Waals surface area (Å²) in [5.74, 6) is -0.652. The lowest BCUT2D eigenvalue weighted by atomic mass is 10.0. The molecule has 1 N–H and O–H groups in total. The highest BCUT2D eigenvalue weighted by molar-refractivity contribution is 7.14. The van der Waals surface area contributed by atoms with Crippen molar-refractivity contribution in [3.63, 3.8) is 0 Å². The summed E-state index contributed by atoms with van der Waals surface area (Å²) >= 11 is 2.66. The first-order valence-corrected chi connectivity index (χ1v) is 11.4. The summed E-state index contributed by atoms with van der Waals surface area (Å²) in [5.41, 5.74) is 4.78. The molecule has 0 unspecified atom stereocenters. The standard InChI is InChI=1S/C22H24N4O3S2/c1-6-7-23-21-25-18(12-30-21)20(28)29-10-17-11-31-22(24-17)26(16(5)27)19-14(3)8-13(2)9-15(19)4/h6,8-9,11-12H,1,7,10H2,2-5H3,(H,23,25). The smallest absolute Gasteiger partial charge is 0.358 e. The van der Waals surface area contributed by atoms with E-state index in [1.165, 1.54) is 29.6 Å². The zero-order chi connectivity index (χ0) is 22.5. The van der Waals surface area contributed by atoms with E-state index in [0.29, 0.717) is 22.5 Å². The summed E-state index contributed by atoms with van der Waals surface area (Å²) in [6.07, 6.45) is 1.71. The summed E-state index contributed by atoms with van der Waals surface area (Å²) in [4.78, 5) is 35.1. The van der Waals surface area contributed by atoms with Gasteiger partial charge in [0.25, 0.3) is 0 Å². The molecular formula is C22H24N4O3S2. The number of carbonyl (C=O) groups excluding carboxylic acids is 2. The molecule has 0 aliphatic heterocycles. The fraction of sp³-hybridized carbons (Fsp3) is 0.273. The number of aryl methyl sites for hydroxylation is 3. The van der Waals surface area contributed by atoms with E-state index in [2.05, 4.69) is 21.9 Å². The van der Waals surface area contributed by atoms with Crippen molar-refractivity contribution in [1.29, 1.82) is 0 Å². The van der Waals surface area contributed by atoms with Crippen LogP contribution in [0.3, 0.4) is 0 Å². The van der Waals surface area contributed by atoms with Gasteiger partial charge in [0.2, 0.25) is 5.91 Å². The van der Waals surface area contributed by atoms with Gasteiger partial charge in [-0.1, -0.05) is 23.8 Å². The number of benzene rings is 1. The molecule has 0 saturated carbocycles. The Morgan fingerprint density at radius 3 is 2.52 bits per heavy atom. The molecule has 3 aromatic rings. The highest BCUT2D eigenvalue weighted by Crippen LogP contribution is 2.34. The number of anilines is 3. The molecule has 2 aromatic heterocycles. The Bertz CT molecular complexity index is 1100. The predicted molar refractivity (Wildman–Crippen MR) is 126 cm³/mol. The van der Waals surface area contributed by atoms with Gasteiger partial charge in [-0.25, -0.2) is 14.8 Å². The molecule has 2 heterocycles. The Morgan fingerprint density at radius 1 is 1.16 bits per heavy atom. The third-order valence-corrected chi connectivity index (χ3v) is 6.04. The third kappa shape index (κ3) is 5.36. The van der Waals surface area contributed by atoms with Gasteiger partial charge in [0, 0.05) is 24.2 Å². The normalized spacial score (nSPS) is 10.6. The minimum atomic E-state index is -0.522. The van der Waals surface area contributed by atoms with Crippen molar-refractivity contribution in [2.75, 3.05) is 16.8 Å². The fourth-order valence-corrected chi connectivity index (χ4v) is 4.75. The molecule has 0 aliphatic carbocycles. The van der Waals surface area contributed by atoms with Gasteiger partial charge in [0.05, 0.1) is 11.4 Å². The summed E-state index contributed by atoms with van der Waals surface area (Å²) in [5, 5.41) is 7.63. The van der Waals surface area contributed by atoms with E-state index in [4.69, 9.17) is 4.74 Å². The second-order valence-corrected chi connectivity index (χ2v) is 8.70. The lowest BCUT2D eigenvalue weighted by molar-refractivity contribution is -0.115. The van der Waals surface area contributed by atoms with Crippen molar-refractivity contribution >= 4 is 50.5 Å². The lowest BCUT2D eigenvalue weighted by Crippen LogP contribution is -2.24. The number of hydrogen-bond acceptors (Lipinski definition) is 8. The van der Waals surface area contributed by atoms with Crippen LogP contribution in [0.15, 0.2) is 35.5 Å². The molecule has 3 rings (SSSR count). The molecule has 0 bridgehead atoms. The second-order valence-electron chi connectivity index (χ2n) is 7.01. The summed E-state index contributed by atoms with van der Waals surface area (Å²) in [7, 11) is 0. The van der Waals surface area contributed by atoms with Crippen molar-refractivity contribution in [3.05, 3.63) is 63.6 Å². The van der Waals surface area contributed by atoms with Crippen molar-refractivity contribution in [3.8, 4) is 0 Å². The van der Waals surface area contributed by atoms with Gasteiger partial charge in [0.15, 0.2) is 16.0 Å². The molecule has 0 fully saturated rings. The molecule has 0 atom stereocenters. The van der Waals surface area contributed by atoms with Crippen LogP contribution in [0.1, 0.15) is 39.8 Å². The Hall–Kier alpha value is -3.04. The largest absolute Gasteiger partial charge is 0.454 e. The first-order valence-electron chi connectivity index (χ1n) is 9.60. The predicted octanol–water partition coefficient (Wildman–Crippen LogP) is 5.16. The van der Waals surface area contributed by atoms with Crippen LogP contribution in [0.2, 0.25) is 0 Å². The average Bonchev–Trinajstić information content (AvgIpc) is 3.36. The van der Waals surface area contributed by atoms with Gasteiger partial charge in [-0.2, -0.15) is 0 Å². The number of esters is 1. The van der Waals surface area contributed by atoms with E-state index in [9.17, 15) is 9.59 Å². The average molecular weight is 457 g/mol. The maximum atomic E-state index is 12.5. The van der Waals surface area contributed by atoms with Crippen molar-refractivity contribution < 1.29 is 14.3 Å². The van der Waals surface area contributed by atoms with Crippen LogP contribution in [-0.4, -0.2) is 28.4 Å². The van der Waals surface area contributed by atoms with E-state index >= 15 is 0 Å². The van der Waals surface area contributed by atoms with Crippen molar-refractivity contribution in [2.24, 2.45) is 0 Å². The van der Waals surface area contributed by atoms with Gasteiger partial charge in [0.1, 0.15) is 6.61 Å². The number of hydrogen-bond donors (Lipinski definition) is 1. The summed E-state index contributed by atoms with van der Waals surface area (Å²) in [6, 6.07) is 4.08. The Labute approximate surface area is 189 Å². The number of thiazole rings is 2. The van der Waals surface area contributed by atoms with Crippen LogP contribution in [-0.2, 0) is 16.1 Å². The minimum absolute atomic E-state index is 0.000113. The molecule has 0 radical (unpaired) electrons. The Morgan fingerprint density at radius 2 is 1.87 bits per heavy atom. The van der Waals surface area contributed by atoms with Crippen molar-refractivity contribution in [2.45, 2.75) is 34.3 Å². The van der Waals surface area contributed by atoms with E-state index in [1.54, 1.807) is 21.7 Å². The Balaban J connectivity index is 1.73. The van der Waals surface area contributed by atoms with E-state index in [0.717, 1.165) is 22.4 Å². The van der Waals surface area contributed by atoms with Crippen LogP contribution in [0.4, 0.5) is 16.0 Å². The van der Waals surface area contributed by atoms with Gasteiger partial charge in [-0.3, -0.25) is 9.69 Å². The number of amides is 1. The van der Waals surface area contributed by atoms with Crippen LogP contribution in [0.25, 0.3) is 0 Å². The van der Waals surface area contributed by atoms with Gasteiger partial charge >= 0.3 is 5.97 Å². The fourth-order valence-electron chi connectivity index (χ4n) is 3.20. The molecule has 7 nitrogen and oxygen atoms in total. The number of nitrogens with zero attached hydrogens (tertiary/aromatic N) is 3. The first-order chi connectivity index (χ1) is 14.8. The maximum Gasteiger partial charge on any atom is 0.358 e. The molecule has 31 heavy (non-hydrogen) atoms. The number of nitrogens with one attached hydrogen (secondary N) is 1. The number of aromatic nitrogens is 2. The van der Waals surface area contributed by atoms with E-state index in [-0.39, 0.29) is 18.2 Å². The van der Waals surface area contributed by atoms with Crippen molar-refractivity contribution in [1.82, 2.24) is 9.97 Å². The Kier molecular flexibility index (Phi) is 7.19. The molecule has 0 aliphatic rings. The molecule has 1 aromatic carbocycles. The highest BCUT2D eigenvalue weighted by atomic mass is 32.1. The lowest BCUT2D eigenvalue weighted by Gasteiger charge is -2.23. The topological polar surface area (TPSA) is 84.4 Å². The molecule has 0 spiro atoms.